The second-order valence-electron chi connectivity index (χ2n) is 6.87. The third-order valence-corrected chi connectivity index (χ3v) is 6.33. The van der Waals surface area contributed by atoms with E-state index in [0.29, 0.717) is 22.8 Å². The molecule has 5 nitrogen and oxygen atoms in total. The van der Waals surface area contributed by atoms with Crippen LogP contribution in [0.15, 0.2) is 53.3 Å². The summed E-state index contributed by atoms with van der Waals surface area (Å²) in [6, 6.07) is 13.9. The molecule has 136 valence electrons. The highest BCUT2D eigenvalue weighted by Gasteiger charge is 2.41. The first-order valence-corrected chi connectivity index (χ1v) is 10.0. The fourth-order valence-electron chi connectivity index (χ4n) is 3.80. The summed E-state index contributed by atoms with van der Waals surface area (Å²) in [6.07, 6.45) is 1.85. The highest BCUT2D eigenvalue weighted by atomic mass is 32.2. The van der Waals surface area contributed by atoms with Gasteiger partial charge in [0.05, 0.1) is 0 Å². The molecule has 0 saturated carbocycles. The minimum atomic E-state index is -0.511. The number of halogens is 1. The maximum atomic E-state index is 13.8. The summed E-state index contributed by atoms with van der Waals surface area (Å²) in [6.45, 7) is 0. The molecule has 3 aromatic rings. The highest BCUT2D eigenvalue weighted by Crippen LogP contribution is 2.42. The molecular formula is C20H17FN4OS. The number of anilines is 1. The molecule has 1 spiro atoms. The Bertz CT molecular complexity index is 1080. The lowest BCUT2D eigenvalue weighted by atomic mass is 9.99. The maximum Gasteiger partial charge on any atom is 0.300 e. The standard InChI is InChI=1S/C20H17FN4OS/c21-14-7-8-15-16(11-14)23-20(9-4-10-27-12-20)25-18(15)22-19(26)17(24-25)13-5-2-1-3-6-13/h1-3,5-8,11,23H,4,9-10,12H2. The first kappa shape index (κ1) is 16.5. The molecule has 2 aliphatic heterocycles. The summed E-state index contributed by atoms with van der Waals surface area (Å²) in [5.41, 5.74) is 1.56. The van der Waals surface area contributed by atoms with Crippen LogP contribution >= 0.6 is 11.8 Å². The Morgan fingerprint density at radius 1 is 1.19 bits per heavy atom. The first-order valence-electron chi connectivity index (χ1n) is 8.89. The van der Waals surface area contributed by atoms with Gasteiger partial charge in [-0.05, 0) is 36.8 Å². The SMILES string of the molecule is O=c1nc2n(nc1-c1ccccc1)C1(CCCSC1)Nc1cc(F)ccc1-2. The van der Waals surface area contributed by atoms with Gasteiger partial charge in [0.1, 0.15) is 11.5 Å². The second-order valence-corrected chi connectivity index (χ2v) is 7.97. The average molecular weight is 380 g/mol. The van der Waals surface area contributed by atoms with E-state index in [4.69, 9.17) is 5.10 Å². The van der Waals surface area contributed by atoms with E-state index in [-0.39, 0.29) is 11.4 Å². The Labute approximate surface area is 159 Å². The molecule has 27 heavy (non-hydrogen) atoms. The summed E-state index contributed by atoms with van der Waals surface area (Å²) >= 11 is 1.83. The molecule has 2 aromatic carbocycles. The van der Waals surface area contributed by atoms with Crippen molar-refractivity contribution in [3.8, 4) is 22.6 Å². The van der Waals surface area contributed by atoms with Gasteiger partial charge in [-0.25, -0.2) is 9.07 Å². The van der Waals surface area contributed by atoms with Crippen molar-refractivity contribution < 1.29 is 4.39 Å². The van der Waals surface area contributed by atoms with Crippen LogP contribution in [0, 0.1) is 5.82 Å². The van der Waals surface area contributed by atoms with Crippen LogP contribution in [-0.2, 0) is 5.66 Å². The molecule has 1 saturated heterocycles. The Hall–Kier alpha value is -2.67. The van der Waals surface area contributed by atoms with E-state index in [9.17, 15) is 9.18 Å². The van der Waals surface area contributed by atoms with Gasteiger partial charge in [0, 0.05) is 22.6 Å². The predicted octanol–water partition coefficient (Wildman–Crippen LogP) is 3.72. The highest BCUT2D eigenvalue weighted by molar-refractivity contribution is 7.99. The molecule has 0 bridgehead atoms. The number of nitrogens with one attached hydrogen (secondary N) is 1. The third-order valence-electron chi connectivity index (χ3n) is 5.07. The smallest absolute Gasteiger partial charge is 0.300 e. The van der Waals surface area contributed by atoms with E-state index in [0.717, 1.165) is 29.9 Å². The van der Waals surface area contributed by atoms with Crippen LogP contribution in [0.4, 0.5) is 10.1 Å². The van der Waals surface area contributed by atoms with Crippen molar-refractivity contribution in [1.82, 2.24) is 14.8 Å². The monoisotopic (exact) mass is 380 g/mol. The van der Waals surface area contributed by atoms with Crippen LogP contribution < -0.4 is 10.9 Å². The maximum absolute atomic E-state index is 13.8. The predicted molar refractivity (Wildman–Crippen MR) is 105 cm³/mol. The molecule has 1 unspecified atom stereocenters. The normalized spacial score (nSPS) is 20.6. The topological polar surface area (TPSA) is 59.8 Å². The molecule has 7 heteroatoms. The number of nitrogens with zero attached hydrogens (tertiary/aromatic N) is 3. The van der Waals surface area contributed by atoms with Crippen LogP contribution in [0.1, 0.15) is 12.8 Å². The largest absolute Gasteiger partial charge is 0.360 e. The van der Waals surface area contributed by atoms with Crippen LogP contribution in [0.3, 0.4) is 0 Å². The zero-order valence-electron chi connectivity index (χ0n) is 14.5. The number of hydrogen-bond acceptors (Lipinski definition) is 5. The fourth-order valence-corrected chi connectivity index (χ4v) is 4.97. The van der Waals surface area contributed by atoms with Gasteiger partial charge in [-0.1, -0.05) is 30.3 Å². The van der Waals surface area contributed by atoms with Gasteiger partial charge in [-0.3, -0.25) is 4.79 Å². The zero-order valence-corrected chi connectivity index (χ0v) is 15.3. The first-order chi connectivity index (χ1) is 13.2. The van der Waals surface area contributed by atoms with Crippen molar-refractivity contribution in [3.63, 3.8) is 0 Å². The summed E-state index contributed by atoms with van der Waals surface area (Å²) in [7, 11) is 0. The van der Waals surface area contributed by atoms with Gasteiger partial charge in [0.2, 0.25) is 0 Å². The quantitative estimate of drug-likeness (QED) is 0.697. The number of rotatable bonds is 1. The minimum absolute atomic E-state index is 0.315. The number of hydrogen-bond donors (Lipinski definition) is 1. The van der Waals surface area contributed by atoms with E-state index in [1.807, 2.05) is 46.8 Å². The van der Waals surface area contributed by atoms with Gasteiger partial charge in [0.25, 0.3) is 5.56 Å². The second kappa shape index (κ2) is 6.20. The van der Waals surface area contributed by atoms with Crippen molar-refractivity contribution in [2.24, 2.45) is 0 Å². The van der Waals surface area contributed by atoms with Crippen LogP contribution in [0.2, 0.25) is 0 Å². The number of thioether (sulfide) groups is 1. The Balaban J connectivity index is 1.78. The molecule has 2 aliphatic rings. The van der Waals surface area contributed by atoms with E-state index in [1.165, 1.54) is 12.1 Å². The van der Waals surface area contributed by atoms with Gasteiger partial charge in [-0.15, -0.1) is 0 Å². The summed E-state index contributed by atoms with van der Waals surface area (Å²) < 4.78 is 15.7. The van der Waals surface area contributed by atoms with Crippen LogP contribution in [0.5, 0.6) is 0 Å². The van der Waals surface area contributed by atoms with E-state index >= 15 is 0 Å². The Kier molecular flexibility index (Phi) is 3.79. The summed E-state index contributed by atoms with van der Waals surface area (Å²) in [4.78, 5) is 17.1. The third kappa shape index (κ3) is 2.65. The Morgan fingerprint density at radius 3 is 2.81 bits per heavy atom. The van der Waals surface area contributed by atoms with Crippen molar-refractivity contribution in [2.75, 3.05) is 16.8 Å². The average Bonchev–Trinajstić information content (AvgIpc) is 2.69. The van der Waals surface area contributed by atoms with E-state index in [2.05, 4.69) is 10.3 Å². The molecule has 1 fully saturated rings. The van der Waals surface area contributed by atoms with E-state index in [1.54, 1.807) is 6.07 Å². The molecule has 0 radical (unpaired) electrons. The van der Waals surface area contributed by atoms with Crippen molar-refractivity contribution in [3.05, 3.63) is 64.7 Å². The van der Waals surface area contributed by atoms with Crippen LogP contribution in [0.25, 0.3) is 22.6 Å². The lowest BCUT2D eigenvalue weighted by molar-refractivity contribution is 0.298. The van der Waals surface area contributed by atoms with Gasteiger partial charge < -0.3 is 5.32 Å². The fraction of sp³-hybridized carbons (Fsp3) is 0.250. The molecular weight excluding hydrogens is 363 g/mol. The van der Waals surface area contributed by atoms with Crippen molar-refractivity contribution >= 4 is 17.4 Å². The molecule has 1 aromatic heterocycles. The number of fused-ring (bicyclic) bond motifs is 4. The summed E-state index contributed by atoms with van der Waals surface area (Å²) in [5, 5.41) is 8.26. The molecule has 5 rings (SSSR count). The summed E-state index contributed by atoms with van der Waals surface area (Å²) in [5.74, 6) is 2.04. The molecule has 0 amide bonds. The minimum Gasteiger partial charge on any atom is -0.360 e. The molecule has 0 aliphatic carbocycles. The van der Waals surface area contributed by atoms with Gasteiger partial charge in [0.15, 0.2) is 11.5 Å². The molecule has 1 N–H and O–H groups in total. The van der Waals surface area contributed by atoms with Gasteiger partial charge >= 0.3 is 0 Å². The lowest BCUT2D eigenvalue weighted by Gasteiger charge is -2.43. The zero-order chi connectivity index (χ0) is 18.4. The van der Waals surface area contributed by atoms with E-state index < -0.39 is 5.66 Å². The lowest BCUT2D eigenvalue weighted by Crippen LogP contribution is -2.51. The number of benzene rings is 2. The van der Waals surface area contributed by atoms with Crippen molar-refractivity contribution in [1.29, 1.82) is 0 Å². The van der Waals surface area contributed by atoms with Gasteiger partial charge in [-0.2, -0.15) is 21.8 Å². The van der Waals surface area contributed by atoms with Crippen LogP contribution in [-0.4, -0.2) is 26.3 Å². The molecule has 3 heterocycles. The van der Waals surface area contributed by atoms with Crippen molar-refractivity contribution in [2.45, 2.75) is 18.5 Å². The number of aromatic nitrogens is 3. The molecule has 1 atom stereocenters. The Morgan fingerprint density at radius 2 is 2.04 bits per heavy atom.